The third-order valence-electron chi connectivity index (χ3n) is 4.22. The van der Waals surface area contributed by atoms with Crippen molar-refractivity contribution < 1.29 is 14.2 Å². The Morgan fingerprint density at radius 1 is 1.07 bits per heavy atom. The van der Waals surface area contributed by atoms with Crippen LogP contribution in [-0.4, -0.2) is 26.9 Å². The Hall–Kier alpha value is -1.27. The first-order chi connectivity index (χ1) is 13.6. The summed E-state index contributed by atoms with van der Waals surface area (Å²) in [6.07, 6.45) is 3.30. The van der Waals surface area contributed by atoms with Crippen LogP contribution >= 0.6 is 27.5 Å². The van der Waals surface area contributed by atoms with Gasteiger partial charge in [-0.25, -0.2) is 0 Å². The molecule has 0 spiro atoms. The summed E-state index contributed by atoms with van der Waals surface area (Å²) in [5.74, 6) is 1.41. The fourth-order valence-electron chi connectivity index (χ4n) is 2.64. The normalized spacial score (nSPS) is 10.9. The van der Waals surface area contributed by atoms with Crippen molar-refractivity contribution in [2.75, 3.05) is 26.9 Å². The van der Waals surface area contributed by atoms with Gasteiger partial charge in [-0.3, -0.25) is 0 Å². The average Bonchev–Trinajstić information content (AvgIpc) is 2.69. The maximum Gasteiger partial charge on any atom is 0.162 e. The van der Waals surface area contributed by atoms with Crippen LogP contribution in [0.5, 0.6) is 11.5 Å². The Balaban J connectivity index is 1.84. The minimum Gasteiger partial charge on any atom is -0.493 e. The van der Waals surface area contributed by atoms with Gasteiger partial charge in [0.15, 0.2) is 11.5 Å². The zero-order chi connectivity index (χ0) is 20.2. The van der Waals surface area contributed by atoms with E-state index in [2.05, 4.69) is 28.2 Å². The number of nitrogens with one attached hydrogen (secondary N) is 1. The van der Waals surface area contributed by atoms with E-state index in [1.807, 2.05) is 36.4 Å². The number of benzene rings is 2. The number of ether oxygens (including phenoxy) is 3. The van der Waals surface area contributed by atoms with Gasteiger partial charge in [-0.05, 0) is 54.8 Å². The van der Waals surface area contributed by atoms with Gasteiger partial charge in [0, 0.05) is 29.3 Å². The predicted molar refractivity (Wildman–Crippen MR) is 119 cm³/mol. The van der Waals surface area contributed by atoms with Gasteiger partial charge in [-0.2, -0.15) is 0 Å². The fourth-order valence-corrected chi connectivity index (χ4v) is 3.32. The van der Waals surface area contributed by atoms with E-state index >= 15 is 0 Å². The third kappa shape index (κ3) is 8.00. The average molecular weight is 471 g/mol. The quantitative estimate of drug-likeness (QED) is 0.365. The van der Waals surface area contributed by atoms with Crippen molar-refractivity contribution >= 4 is 27.5 Å². The van der Waals surface area contributed by atoms with Gasteiger partial charge in [0.05, 0.1) is 7.11 Å². The lowest BCUT2D eigenvalue weighted by molar-refractivity contribution is 0.128. The van der Waals surface area contributed by atoms with Crippen LogP contribution < -0.4 is 14.8 Å². The van der Waals surface area contributed by atoms with Crippen molar-refractivity contribution in [2.24, 2.45) is 0 Å². The van der Waals surface area contributed by atoms with E-state index in [1.165, 1.54) is 6.42 Å². The minimum absolute atomic E-state index is 0.430. The molecule has 0 amide bonds. The Morgan fingerprint density at radius 2 is 1.89 bits per heavy atom. The topological polar surface area (TPSA) is 39.7 Å². The van der Waals surface area contributed by atoms with Crippen LogP contribution in [0.4, 0.5) is 0 Å². The largest absolute Gasteiger partial charge is 0.493 e. The van der Waals surface area contributed by atoms with Crippen molar-refractivity contribution in [2.45, 2.75) is 39.3 Å². The van der Waals surface area contributed by atoms with Gasteiger partial charge in [0.1, 0.15) is 6.61 Å². The van der Waals surface area contributed by atoms with Crippen LogP contribution in [0.1, 0.15) is 37.3 Å². The summed E-state index contributed by atoms with van der Waals surface area (Å²) < 4.78 is 18.0. The summed E-state index contributed by atoms with van der Waals surface area (Å²) >= 11 is 9.67. The molecular weight excluding hydrogens is 442 g/mol. The molecule has 0 radical (unpaired) electrons. The molecule has 0 heterocycles. The Bertz CT molecular complexity index is 727. The summed E-state index contributed by atoms with van der Waals surface area (Å²) in [7, 11) is 1.65. The lowest BCUT2D eigenvalue weighted by Crippen LogP contribution is -2.17. The van der Waals surface area contributed by atoms with E-state index in [0.29, 0.717) is 23.1 Å². The highest BCUT2D eigenvalue weighted by atomic mass is 79.9. The van der Waals surface area contributed by atoms with Crippen molar-refractivity contribution in [1.29, 1.82) is 0 Å². The number of halogens is 2. The molecule has 0 saturated carbocycles. The SMILES string of the molecule is CCCCOCCCNCc1cc(OC)c(OCc2cccc(Cl)c2)cc1Br. The smallest absolute Gasteiger partial charge is 0.162 e. The van der Waals surface area contributed by atoms with Crippen LogP contribution in [-0.2, 0) is 17.9 Å². The maximum absolute atomic E-state index is 6.03. The van der Waals surface area contributed by atoms with Gasteiger partial charge < -0.3 is 19.5 Å². The first-order valence-electron chi connectivity index (χ1n) is 9.66. The number of rotatable bonds is 13. The summed E-state index contributed by atoms with van der Waals surface area (Å²) in [5, 5.41) is 4.15. The molecule has 0 aliphatic carbocycles. The summed E-state index contributed by atoms with van der Waals surface area (Å²) in [5.41, 5.74) is 2.14. The summed E-state index contributed by atoms with van der Waals surface area (Å²) in [6, 6.07) is 11.6. The molecule has 0 unspecified atom stereocenters. The van der Waals surface area contributed by atoms with Gasteiger partial charge in [-0.1, -0.05) is 53.0 Å². The Morgan fingerprint density at radius 3 is 2.64 bits per heavy atom. The van der Waals surface area contributed by atoms with Crippen LogP contribution in [0.2, 0.25) is 5.02 Å². The van der Waals surface area contributed by atoms with Crippen LogP contribution in [0.25, 0.3) is 0 Å². The monoisotopic (exact) mass is 469 g/mol. The number of unbranched alkanes of at least 4 members (excludes halogenated alkanes) is 1. The highest BCUT2D eigenvalue weighted by Gasteiger charge is 2.11. The highest BCUT2D eigenvalue weighted by Crippen LogP contribution is 2.34. The standard InChI is InChI=1S/C22H29BrClNO3/c1-3-4-10-27-11-6-9-25-15-18-13-21(26-2)22(14-20(18)23)28-16-17-7-5-8-19(24)12-17/h5,7-8,12-14,25H,3-4,6,9-11,15-16H2,1-2H3. The zero-order valence-electron chi connectivity index (χ0n) is 16.6. The molecule has 0 saturated heterocycles. The lowest BCUT2D eigenvalue weighted by Gasteiger charge is -2.15. The second-order valence-electron chi connectivity index (χ2n) is 6.51. The predicted octanol–water partition coefficient (Wildman–Crippen LogP) is 5.99. The Labute approximate surface area is 181 Å². The molecule has 0 bridgehead atoms. The van der Waals surface area contributed by atoms with Gasteiger partial charge >= 0.3 is 0 Å². The number of methoxy groups -OCH3 is 1. The Kier molecular flexibility index (Phi) is 10.7. The summed E-state index contributed by atoms with van der Waals surface area (Å²) in [6.45, 7) is 5.92. The van der Waals surface area contributed by atoms with Gasteiger partial charge in [-0.15, -0.1) is 0 Å². The molecule has 2 aromatic carbocycles. The molecule has 0 fully saturated rings. The molecule has 1 N–H and O–H groups in total. The van der Waals surface area contributed by atoms with E-state index in [1.54, 1.807) is 7.11 Å². The molecular formula is C22H29BrClNO3. The van der Waals surface area contributed by atoms with Gasteiger partial charge in [0.2, 0.25) is 0 Å². The highest BCUT2D eigenvalue weighted by molar-refractivity contribution is 9.10. The zero-order valence-corrected chi connectivity index (χ0v) is 18.9. The van der Waals surface area contributed by atoms with Crippen LogP contribution in [0.15, 0.2) is 40.9 Å². The van der Waals surface area contributed by atoms with Crippen molar-refractivity contribution in [3.05, 3.63) is 57.0 Å². The molecule has 0 aromatic heterocycles. The molecule has 6 heteroatoms. The van der Waals surface area contributed by atoms with Crippen molar-refractivity contribution in [3.63, 3.8) is 0 Å². The van der Waals surface area contributed by atoms with E-state index in [0.717, 1.165) is 54.7 Å². The fraction of sp³-hybridized carbons (Fsp3) is 0.455. The molecule has 2 rings (SSSR count). The molecule has 0 aliphatic rings. The maximum atomic E-state index is 6.03. The second kappa shape index (κ2) is 13.0. The van der Waals surface area contributed by atoms with E-state index in [9.17, 15) is 0 Å². The van der Waals surface area contributed by atoms with Crippen LogP contribution in [0.3, 0.4) is 0 Å². The summed E-state index contributed by atoms with van der Waals surface area (Å²) in [4.78, 5) is 0. The molecule has 0 atom stereocenters. The van der Waals surface area contributed by atoms with Crippen molar-refractivity contribution in [3.8, 4) is 11.5 Å². The molecule has 2 aromatic rings. The second-order valence-corrected chi connectivity index (χ2v) is 7.80. The molecule has 28 heavy (non-hydrogen) atoms. The van der Waals surface area contributed by atoms with Crippen molar-refractivity contribution in [1.82, 2.24) is 5.32 Å². The molecule has 154 valence electrons. The first-order valence-corrected chi connectivity index (χ1v) is 10.8. The lowest BCUT2D eigenvalue weighted by atomic mass is 10.2. The van der Waals surface area contributed by atoms with E-state index in [4.69, 9.17) is 25.8 Å². The number of hydrogen-bond donors (Lipinski definition) is 1. The molecule has 0 aliphatic heterocycles. The number of hydrogen-bond acceptors (Lipinski definition) is 4. The van der Waals surface area contributed by atoms with Crippen LogP contribution in [0, 0.1) is 0 Å². The van der Waals surface area contributed by atoms with E-state index < -0.39 is 0 Å². The third-order valence-corrected chi connectivity index (χ3v) is 5.19. The van der Waals surface area contributed by atoms with Gasteiger partial charge in [0.25, 0.3) is 0 Å². The molecule has 4 nitrogen and oxygen atoms in total. The first kappa shape index (κ1) is 23.0. The minimum atomic E-state index is 0.430. The van der Waals surface area contributed by atoms with E-state index in [-0.39, 0.29) is 0 Å².